The van der Waals surface area contributed by atoms with Crippen LogP contribution in [0.1, 0.15) is 37.7 Å². The number of cyclic esters (lactones) is 1. The monoisotopic (exact) mass is 387 g/mol. The molecule has 0 spiro atoms. The molecule has 0 radical (unpaired) electrons. The van der Waals surface area contributed by atoms with Crippen molar-refractivity contribution < 1.29 is 19.0 Å². The van der Waals surface area contributed by atoms with Crippen molar-refractivity contribution in [2.75, 3.05) is 26.4 Å². The fraction of sp³-hybridized carbons (Fsp3) is 0.611. The zero-order valence-corrected chi connectivity index (χ0v) is 15.6. The first-order valence-electron chi connectivity index (χ1n) is 8.68. The van der Waals surface area contributed by atoms with Gasteiger partial charge < -0.3 is 19.5 Å². The van der Waals surface area contributed by atoms with E-state index in [0.29, 0.717) is 29.8 Å². The highest BCUT2D eigenvalue weighted by molar-refractivity contribution is 6.42. The molecule has 2 fully saturated rings. The molecule has 2 unspecified atom stereocenters. The number of hydrogen-bond donors (Lipinski definition) is 1. The van der Waals surface area contributed by atoms with Crippen LogP contribution in [0.4, 0.5) is 4.79 Å². The van der Waals surface area contributed by atoms with Gasteiger partial charge in [0.2, 0.25) is 0 Å². The molecule has 2 atom stereocenters. The molecule has 2 saturated heterocycles. The molecule has 1 aromatic rings. The third kappa shape index (κ3) is 4.79. The predicted molar refractivity (Wildman–Crippen MR) is 96.3 cm³/mol. The Morgan fingerprint density at radius 3 is 2.84 bits per heavy atom. The minimum Gasteiger partial charge on any atom is -0.449 e. The summed E-state index contributed by atoms with van der Waals surface area (Å²) in [6.45, 7) is 2.21. The topological polar surface area (TPSA) is 56.8 Å². The van der Waals surface area contributed by atoms with Crippen molar-refractivity contribution in [2.45, 2.75) is 43.8 Å². The summed E-state index contributed by atoms with van der Waals surface area (Å²) in [7, 11) is 0. The Morgan fingerprint density at radius 2 is 2.16 bits per heavy atom. The van der Waals surface area contributed by atoms with E-state index in [1.807, 2.05) is 12.1 Å². The van der Waals surface area contributed by atoms with Gasteiger partial charge in [0, 0.05) is 25.2 Å². The minimum absolute atomic E-state index is 0.0861. The van der Waals surface area contributed by atoms with Crippen molar-refractivity contribution in [3.05, 3.63) is 33.8 Å². The van der Waals surface area contributed by atoms with Gasteiger partial charge in [-0.1, -0.05) is 29.3 Å². The Hall–Kier alpha value is -1.01. The zero-order chi connectivity index (χ0) is 17.7. The van der Waals surface area contributed by atoms with Crippen LogP contribution in [-0.2, 0) is 19.6 Å². The maximum atomic E-state index is 11.4. The molecule has 138 valence electrons. The van der Waals surface area contributed by atoms with E-state index in [-0.39, 0.29) is 17.8 Å². The molecule has 0 aromatic heterocycles. The SMILES string of the molecule is O=C1NCC(CCCOC2CCCCO2)(c2ccc(Cl)c(Cl)c2)CO1. The molecule has 2 heterocycles. The number of rotatable bonds is 6. The van der Waals surface area contributed by atoms with E-state index in [2.05, 4.69) is 5.32 Å². The number of carbonyl (C=O) groups is 1. The fourth-order valence-corrected chi connectivity index (χ4v) is 3.63. The third-order valence-corrected chi connectivity index (χ3v) is 5.56. The lowest BCUT2D eigenvalue weighted by Crippen LogP contribution is -2.50. The van der Waals surface area contributed by atoms with Crippen LogP contribution in [-0.4, -0.2) is 38.7 Å². The first kappa shape index (κ1) is 18.8. The van der Waals surface area contributed by atoms with Crippen LogP contribution in [0.3, 0.4) is 0 Å². The van der Waals surface area contributed by atoms with E-state index in [4.69, 9.17) is 37.4 Å². The Morgan fingerprint density at radius 1 is 1.28 bits per heavy atom. The molecule has 0 saturated carbocycles. The molecule has 1 N–H and O–H groups in total. The summed E-state index contributed by atoms with van der Waals surface area (Å²) in [5.41, 5.74) is 0.676. The van der Waals surface area contributed by atoms with Gasteiger partial charge in [-0.15, -0.1) is 0 Å². The van der Waals surface area contributed by atoms with Gasteiger partial charge in [-0.05, 0) is 49.8 Å². The molecule has 7 heteroatoms. The minimum atomic E-state index is -0.387. The van der Waals surface area contributed by atoms with Crippen molar-refractivity contribution >= 4 is 29.3 Å². The molecule has 1 amide bonds. The van der Waals surface area contributed by atoms with Crippen LogP contribution in [0.15, 0.2) is 18.2 Å². The van der Waals surface area contributed by atoms with Gasteiger partial charge >= 0.3 is 6.09 Å². The van der Waals surface area contributed by atoms with Crippen molar-refractivity contribution in [3.8, 4) is 0 Å². The van der Waals surface area contributed by atoms with Crippen LogP contribution >= 0.6 is 23.2 Å². The lowest BCUT2D eigenvalue weighted by Gasteiger charge is -2.37. The summed E-state index contributed by atoms with van der Waals surface area (Å²) in [6.07, 6.45) is 4.38. The maximum absolute atomic E-state index is 11.4. The van der Waals surface area contributed by atoms with Crippen LogP contribution in [0.25, 0.3) is 0 Å². The van der Waals surface area contributed by atoms with Crippen molar-refractivity contribution in [1.29, 1.82) is 0 Å². The van der Waals surface area contributed by atoms with Crippen molar-refractivity contribution in [2.24, 2.45) is 0 Å². The second kappa shape index (κ2) is 8.58. The summed E-state index contributed by atoms with van der Waals surface area (Å²) >= 11 is 12.2. The Labute approximate surface area is 157 Å². The lowest BCUT2D eigenvalue weighted by atomic mass is 9.76. The molecular formula is C18H23Cl2NO4. The average Bonchev–Trinajstić information content (AvgIpc) is 2.64. The normalized spacial score (nSPS) is 26.8. The van der Waals surface area contributed by atoms with Gasteiger partial charge in [0.05, 0.1) is 10.0 Å². The van der Waals surface area contributed by atoms with Gasteiger partial charge in [-0.3, -0.25) is 0 Å². The van der Waals surface area contributed by atoms with Crippen LogP contribution in [0.5, 0.6) is 0 Å². The predicted octanol–water partition coefficient (Wildman–Crippen LogP) is 4.29. The maximum Gasteiger partial charge on any atom is 0.407 e. The van der Waals surface area contributed by atoms with Crippen LogP contribution in [0, 0.1) is 0 Å². The zero-order valence-electron chi connectivity index (χ0n) is 14.1. The molecule has 0 bridgehead atoms. The molecule has 25 heavy (non-hydrogen) atoms. The number of amides is 1. The van der Waals surface area contributed by atoms with Gasteiger partial charge in [-0.25, -0.2) is 4.79 Å². The largest absolute Gasteiger partial charge is 0.449 e. The van der Waals surface area contributed by atoms with Crippen LogP contribution in [0.2, 0.25) is 10.0 Å². The molecule has 0 aliphatic carbocycles. The van der Waals surface area contributed by atoms with E-state index >= 15 is 0 Å². The third-order valence-electron chi connectivity index (χ3n) is 4.82. The molecule has 3 rings (SSSR count). The number of benzene rings is 1. The Kier molecular flexibility index (Phi) is 6.44. The number of halogens is 2. The summed E-state index contributed by atoms with van der Waals surface area (Å²) in [5, 5.41) is 3.81. The molecular weight excluding hydrogens is 365 g/mol. The highest BCUT2D eigenvalue weighted by Gasteiger charge is 2.37. The fourth-order valence-electron chi connectivity index (χ4n) is 3.33. The first-order chi connectivity index (χ1) is 12.1. The Bertz CT molecular complexity index is 595. The number of carbonyl (C=O) groups excluding carboxylic acids is 1. The number of ether oxygens (including phenoxy) is 3. The highest BCUT2D eigenvalue weighted by atomic mass is 35.5. The van der Waals surface area contributed by atoms with E-state index < -0.39 is 0 Å². The second-order valence-electron chi connectivity index (χ2n) is 6.61. The summed E-state index contributed by atoms with van der Waals surface area (Å²) < 4.78 is 16.7. The molecule has 5 nitrogen and oxygen atoms in total. The van der Waals surface area contributed by atoms with Crippen molar-refractivity contribution in [3.63, 3.8) is 0 Å². The van der Waals surface area contributed by atoms with Gasteiger partial charge in [0.25, 0.3) is 0 Å². The average molecular weight is 388 g/mol. The van der Waals surface area contributed by atoms with Crippen molar-refractivity contribution in [1.82, 2.24) is 5.32 Å². The molecule has 2 aliphatic heterocycles. The Balaban J connectivity index is 1.62. The first-order valence-corrected chi connectivity index (χ1v) is 9.44. The second-order valence-corrected chi connectivity index (χ2v) is 7.42. The van der Waals surface area contributed by atoms with E-state index in [1.54, 1.807) is 6.07 Å². The quantitative estimate of drug-likeness (QED) is 0.739. The number of alkyl carbamates (subject to hydrolysis) is 1. The van der Waals surface area contributed by atoms with E-state index in [1.165, 1.54) is 0 Å². The van der Waals surface area contributed by atoms with Crippen LogP contribution < -0.4 is 5.32 Å². The summed E-state index contributed by atoms with van der Waals surface area (Å²) in [6, 6.07) is 5.58. The lowest BCUT2D eigenvalue weighted by molar-refractivity contribution is -0.163. The number of nitrogens with one attached hydrogen (secondary N) is 1. The molecule has 1 aromatic carbocycles. The summed E-state index contributed by atoms with van der Waals surface area (Å²) in [5.74, 6) is 0. The summed E-state index contributed by atoms with van der Waals surface area (Å²) in [4.78, 5) is 11.4. The molecule has 2 aliphatic rings. The van der Waals surface area contributed by atoms with E-state index in [9.17, 15) is 4.79 Å². The highest BCUT2D eigenvalue weighted by Crippen LogP contribution is 2.35. The van der Waals surface area contributed by atoms with E-state index in [0.717, 1.165) is 44.3 Å². The van der Waals surface area contributed by atoms with Gasteiger partial charge in [0.15, 0.2) is 6.29 Å². The van der Waals surface area contributed by atoms with Gasteiger partial charge in [-0.2, -0.15) is 0 Å². The van der Waals surface area contributed by atoms with Gasteiger partial charge in [0.1, 0.15) is 6.61 Å². The standard InChI is InChI=1S/C18H23Cl2NO4/c19-14-6-5-13(10-15(14)20)18(11-21-17(22)25-12-18)7-3-9-24-16-4-1-2-8-23-16/h5-6,10,16H,1-4,7-9,11-12H2,(H,21,22). The number of hydrogen-bond acceptors (Lipinski definition) is 4. The smallest absolute Gasteiger partial charge is 0.407 e.